The van der Waals surface area contributed by atoms with Crippen LogP contribution in [0.25, 0.3) is 0 Å². The largest absolute Gasteiger partial charge is 0.516 e. The molecule has 0 spiro atoms. The summed E-state index contributed by atoms with van der Waals surface area (Å²) in [6.07, 6.45) is 7.03. The minimum atomic E-state index is -0.148. The molecule has 0 saturated carbocycles. The highest BCUT2D eigenvalue weighted by Gasteiger charge is 2.00. The first-order valence-corrected chi connectivity index (χ1v) is 4.10. The molecule has 0 aliphatic rings. The van der Waals surface area contributed by atoms with E-state index in [9.17, 15) is 4.79 Å². The second kappa shape index (κ2) is 6.65. The summed E-state index contributed by atoms with van der Waals surface area (Å²) in [5.41, 5.74) is 1.26. The van der Waals surface area contributed by atoms with Crippen molar-refractivity contribution in [3.63, 3.8) is 0 Å². The lowest BCUT2D eigenvalue weighted by Crippen LogP contribution is -1.96. The van der Waals surface area contributed by atoms with E-state index in [1.807, 2.05) is 13.8 Å². The molecule has 0 amide bonds. The maximum absolute atomic E-state index is 10.4. The molecule has 0 aliphatic carbocycles. The molecular weight excluding hydrogens is 152 g/mol. The van der Waals surface area contributed by atoms with Crippen molar-refractivity contribution in [2.24, 2.45) is 5.92 Å². The molecule has 1 unspecified atom stereocenters. The van der Waals surface area contributed by atoms with Crippen LogP contribution >= 0.6 is 0 Å². The van der Waals surface area contributed by atoms with Gasteiger partial charge in [-0.25, -0.2) is 0 Å². The number of allylic oxidation sites excluding steroid dienone is 3. The molecule has 1 N–H and O–H groups in total. The molecule has 0 aliphatic heterocycles. The van der Waals surface area contributed by atoms with Gasteiger partial charge in [0.05, 0.1) is 6.26 Å². The summed E-state index contributed by atoms with van der Waals surface area (Å²) in [5.74, 6) is -0.148. The fourth-order valence-corrected chi connectivity index (χ4v) is 0.885. The maximum Gasteiger partial charge on any atom is 0.126 e. The summed E-state index contributed by atoms with van der Waals surface area (Å²) in [6, 6.07) is 0. The van der Waals surface area contributed by atoms with Gasteiger partial charge in [0.1, 0.15) is 6.29 Å². The number of rotatable bonds is 5. The van der Waals surface area contributed by atoms with Gasteiger partial charge in [-0.3, -0.25) is 0 Å². The standard InChI is InChI=1S/C10H16O2/c1-9(2)4-3-5-10(8-12)6-7-11/h4,6-8,10-11H,3,5H2,1-2H3/b7-6+. The third kappa shape index (κ3) is 5.71. The van der Waals surface area contributed by atoms with Gasteiger partial charge in [-0.1, -0.05) is 11.6 Å². The molecular formula is C10H16O2. The van der Waals surface area contributed by atoms with Crippen molar-refractivity contribution < 1.29 is 9.90 Å². The SMILES string of the molecule is CC(C)=CCCC(C=O)/C=C/O. The lowest BCUT2D eigenvalue weighted by molar-refractivity contribution is -0.110. The number of aliphatic hydroxyl groups excluding tert-OH is 1. The van der Waals surface area contributed by atoms with Gasteiger partial charge in [0, 0.05) is 5.92 Å². The summed E-state index contributed by atoms with van der Waals surface area (Å²) < 4.78 is 0. The number of carbonyl (C=O) groups excluding carboxylic acids is 1. The average molecular weight is 168 g/mol. The Balaban J connectivity index is 3.73. The molecule has 2 nitrogen and oxygen atoms in total. The monoisotopic (exact) mass is 168 g/mol. The third-order valence-electron chi connectivity index (χ3n) is 1.56. The average Bonchev–Trinajstić information content (AvgIpc) is 2.02. The Morgan fingerprint density at radius 3 is 2.58 bits per heavy atom. The smallest absolute Gasteiger partial charge is 0.126 e. The zero-order valence-electron chi connectivity index (χ0n) is 7.66. The Morgan fingerprint density at radius 2 is 2.17 bits per heavy atom. The number of aliphatic hydroxyl groups is 1. The van der Waals surface area contributed by atoms with Crippen molar-refractivity contribution in [2.75, 3.05) is 0 Å². The quantitative estimate of drug-likeness (QED) is 0.389. The minimum absolute atomic E-state index is 0.148. The highest BCUT2D eigenvalue weighted by molar-refractivity contribution is 5.56. The van der Waals surface area contributed by atoms with Gasteiger partial charge >= 0.3 is 0 Å². The molecule has 0 radical (unpaired) electrons. The first-order valence-electron chi connectivity index (χ1n) is 4.10. The van der Waals surface area contributed by atoms with Crippen LogP contribution in [0.15, 0.2) is 24.0 Å². The van der Waals surface area contributed by atoms with E-state index < -0.39 is 0 Å². The van der Waals surface area contributed by atoms with Gasteiger partial charge in [-0.05, 0) is 32.8 Å². The minimum Gasteiger partial charge on any atom is -0.516 e. The molecule has 0 aromatic carbocycles. The van der Waals surface area contributed by atoms with Crippen molar-refractivity contribution in [1.29, 1.82) is 0 Å². The molecule has 68 valence electrons. The second-order valence-electron chi connectivity index (χ2n) is 3.00. The lowest BCUT2D eigenvalue weighted by atomic mass is 10.0. The van der Waals surface area contributed by atoms with Gasteiger partial charge < -0.3 is 9.90 Å². The van der Waals surface area contributed by atoms with E-state index in [0.717, 1.165) is 25.4 Å². The van der Waals surface area contributed by atoms with E-state index in [1.54, 1.807) is 0 Å². The van der Waals surface area contributed by atoms with E-state index in [0.29, 0.717) is 0 Å². The van der Waals surface area contributed by atoms with Crippen molar-refractivity contribution in [2.45, 2.75) is 26.7 Å². The first-order chi connectivity index (χ1) is 5.70. The molecule has 0 fully saturated rings. The van der Waals surface area contributed by atoms with Crippen LogP contribution in [0.3, 0.4) is 0 Å². The van der Waals surface area contributed by atoms with Crippen LogP contribution in [0.4, 0.5) is 0 Å². The van der Waals surface area contributed by atoms with E-state index in [-0.39, 0.29) is 5.92 Å². The van der Waals surface area contributed by atoms with Gasteiger partial charge in [0.25, 0.3) is 0 Å². The van der Waals surface area contributed by atoms with Crippen LogP contribution < -0.4 is 0 Å². The highest BCUT2D eigenvalue weighted by atomic mass is 16.2. The van der Waals surface area contributed by atoms with Crippen molar-refractivity contribution in [3.05, 3.63) is 24.0 Å². The van der Waals surface area contributed by atoms with Gasteiger partial charge in [-0.15, -0.1) is 0 Å². The number of carbonyl (C=O) groups is 1. The molecule has 0 bridgehead atoms. The third-order valence-corrected chi connectivity index (χ3v) is 1.56. The van der Waals surface area contributed by atoms with E-state index >= 15 is 0 Å². The summed E-state index contributed by atoms with van der Waals surface area (Å²) in [6.45, 7) is 4.05. The fourth-order valence-electron chi connectivity index (χ4n) is 0.885. The molecule has 0 heterocycles. The van der Waals surface area contributed by atoms with E-state index in [2.05, 4.69) is 6.08 Å². The molecule has 2 heteroatoms. The van der Waals surface area contributed by atoms with Gasteiger partial charge in [0.15, 0.2) is 0 Å². The number of hydrogen-bond donors (Lipinski definition) is 1. The first kappa shape index (κ1) is 11.0. The summed E-state index contributed by atoms with van der Waals surface area (Å²) in [4.78, 5) is 10.4. The Bertz CT molecular complexity index is 176. The Hall–Kier alpha value is -1.05. The van der Waals surface area contributed by atoms with Crippen LogP contribution in [0.5, 0.6) is 0 Å². The molecule has 0 aromatic heterocycles. The molecule has 0 aromatic rings. The molecule has 12 heavy (non-hydrogen) atoms. The molecule has 0 saturated heterocycles. The number of hydrogen-bond acceptors (Lipinski definition) is 2. The van der Waals surface area contributed by atoms with Crippen LogP contribution in [0.2, 0.25) is 0 Å². The lowest BCUT2D eigenvalue weighted by Gasteiger charge is -2.00. The summed E-state index contributed by atoms with van der Waals surface area (Å²) >= 11 is 0. The summed E-state index contributed by atoms with van der Waals surface area (Å²) in [7, 11) is 0. The normalized spacial score (nSPS) is 12.8. The predicted molar refractivity (Wildman–Crippen MR) is 50.0 cm³/mol. The second-order valence-corrected chi connectivity index (χ2v) is 3.00. The van der Waals surface area contributed by atoms with E-state index in [4.69, 9.17) is 5.11 Å². The van der Waals surface area contributed by atoms with Crippen LogP contribution in [-0.2, 0) is 4.79 Å². The summed E-state index contributed by atoms with van der Waals surface area (Å²) in [5, 5.41) is 8.42. The highest BCUT2D eigenvalue weighted by Crippen LogP contribution is 2.07. The Morgan fingerprint density at radius 1 is 1.50 bits per heavy atom. The zero-order chi connectivity index (χ0) is 9.40. The van der Waals surface area contributed by atoms with E-state index in [1.165, 1.54) is 11.6 Å². The molecule has 1 atom stereocenters. The van der Waals surface area contributed by atoms with Crippen LogP contribution in [-0.4, -0.2) is 11.4 Å². The predicted octanol–water partition coefficient (Wildman–Crippen LogP) is 2.62. The zero-order valence-corrected chi connectivity index (χ0v) is 7.66. The van der Waals surface area contributed by atoms with Crippen molar-refractivity contribution >= 4 is 6.29 Å². The topological polar surface area (TPSA) is 37.3 Å². The Labute approximate surface area is 73.6 Å². The van der Waals surface area contributed by atoms with Crippen LogP contribution in [0.1, 0.15) is 26.7 Å². The molecule has 0 rings (SSSR count). The number of aldehydes is 1. The van der Waals surface area contributed by atoms with Gasteiger partial charge in [-0.2, -0.15) is 0 Å². The van der Waals surface area contributed by atoms with Crippen molar-refractivity contribution in [3.8, 4) is 0 Å². The van der Waals surface area contributed by atoms with Crippen molar-refractivity contribution in [1.82, 2.24) is 0 Å². The fraction of sp³-hybridized carbons (Fsp3) is 0.500. The maximum atomic E-state index is 10.4. The van der Waals surface area contributed by atoms with Gasteiger partial charge in [0.2, 0.25) is 0 Å². The Kier molecular flexibility index (Phi) is 6.07. The van der Waals surface area contributed by atoms with Crippen LogP contribution in [0, 0.1) is 5.92 Å².